The van der Waals surface area contributed by atoms with Crippen LogP contribution in [0, 0.1) is 0 Å². The Morgan fingerprint density at radius 3 is 2.70 bits per heavy atom. The lowest BCUT2D eigenvalue weighted by Crippen LogP contribution is -2.34. The molecule has 3 nitrogen and oxygen atoms in total. The molecule has 0 bridgehead atoms. The Bertz CT molecular complexity index is 652. The average Bonchev–Trinajstić information content (AvgIpc) is 3.29. The first-order chi connectivity index (χ1) is 9.72. The topological polar surface area (TPSA) is 40.5 Å². The number of phenols is 1. The predicted molar refractivity (Wildman–Crippen MR) is 83.5 cm³/mol. The highest BCUT2D eigenvalue weighted by molar-refractivity contribution is 9.09. The van der Waals surface area contributed by atoms with Gasteiger partial charge in [0, 0.05) is 23.3 Å². The molecule has 1 aliphatic carbocycles. The van der Waals surface area contributed by atoms with Crippen molar-refractivity contribution in [3.8, 4) is 5.75 Å². The van der Waals surface area contributed by atoms with Crippen LogP contribution >= 0.6 is 15.9 Å². The number of hydrogen-bond donors (Lipinski definition) is 1. The summed E-state index contributed by atoms with van der Waals surface area (Å²) in [6.07, 6.45) is 2.13. The number of phenolic OH excluding ortho intramolecular Hbond substituents is 1. The Labute approximate surface area is 126 Å². The zero-order chi connectivity index (χ0) is 14.1. The molecule has 0 spiro atoms. The molecule has 0 aliphatic heterocycles. The SMILES string of the molecule is O=C(c1ccc2ccccc2c1O)N(CCBr)C1CC1. The van der Waals surface area contributed by atoms with Gasteiger partial charge >= 0.3 is 0 Å². The minimum Gasteiger partial charge on any atom is -0.506 e. The van der Waals surface area contributed by atoms with Crippen molar-refractivity contribution in [2.45, 2.75) is 18.9 Å². The Hall–Kier alpha value is -1.55. The van der Waals surface area contributed by atoms with E-state index in [-0.39, 0.29) is 11.7 Å². The summed E-state index contributed by atoms with van der Waals surface area (Å²) in [5.41, 5.74) is 0.400. The maximum atomic E-state index is 12.6. The van der Waals surface area contributed by atoms with E-state index in [1.807, 2.05) is 35.2 Å². The molecular weight excluding hydrogens is 318 g/mol. The van der Waals surface area contributed by atoms with Gasteiger partial charge in [-0.15, -0.1) is 0 Å². The summed E-state index contributed by atoms with van der Waals surface area (Å²) in [5.74, 6) is 0.0172. The standard InChI is InChI=1S/C16H16BrNO2/c17-9-10-18(12-6-7-12)16(20)14-8-5-11-3-1-2-4-13(11)15(14)19/h1-5,8,12,19H,6-7,9-10H2. The van der Waals surface area contributed by atoms with Gasteiger partial charge in [-0.05, 0) is 24.3 Å². The minimum absolute atomic E-state index is 0.0739. The molecule has 1 amide bonds. The van der Waals surface area contributed by atoms with Gasteiger partial charge in [0.05, 0.1) is 5.56 Å². The van der Waals surface area contributed by atoms with E-state index in [2.05, 4.69) is 15.9 Å². The van der Waals surface area contributed by atoms with E-state index < -0.39 is 0 Å². The molecule has 3 rings (SSSR count). The minimum atomic E-state index is -0.0739. The monoisotopic (exact) mass is 333 g/mol. The second kappa shape index (κ2) is 5.44. The first-order valence-corrected chi connectivity index (χ1v) is 7.92. The van der Waals surface area contributed by atoms with Gasteiger partial charge in [0.15, 0.2) is 0 Å². The molecule has 1 aliphatic rings. The third kappa shape index (κ3) is 2.40. The Kier molecular flexibility index (Phi) is 3.66. The second-order valence-electron chi connectivity index (χ2n) is 5.10. The van der Waals surface area contributed by atoms with Crippen LogP contribution in [0.2, 0.25) is 0 Å². The van der Waals surface area contributed by atoms with Crippen molar-refractivity contribution >= 4 is 32.6 Å². The van der Waals surface area contributed by atoms with Crippen LogP contribution in [0.5, 0.6) is 5.75 Å². The van der Waals surface area contributed by atoms with Gasteiger partial charge in [-0.3, -0.25) is 4.79 Å². The van der Waals surface area contributed by atoms with E-state index in [4.69, 9.17) is 0 Å². The van der Waals surface area contributed by atoms with Gasteiger partial charge < -0.3 is 10.0 Å². The van der Waals surface area contributed by atoms with Crippen LogP contribution in [0.25, 0.3) is 10.8 Å². The molecule has 0 heterocycles. The highest BCUT2D eigenvalue weighted by atomic mass is 79.9. The van der Waals surface area contributed by atoms with Crippen molar-refractivity contribution in [3.63, 3.8) is 0 Å². The fourth-order valence-electron chi connectivity index (χ4n) is 2.51. The van der Waals surface area contributed by atoms with E-state index >= 15 is 0 Å². The fourth-order valence-corrected chi connectivity index (χ4v) is 2.89. The summed E-state index contributed by atoms with van der Waals surface area (Å²) in [4.78, 5) is 14.5. The molecule has 0 unspecified atom stereocenters. The summed E-state index contributed by atoms with van der Waals surface area (Å²) in [6.45, 7) is 0.676. The van der Waals surface area contributed by atoms with Crippen molar-refractivity contribution in [1.29, 1.82) is 0 Å². The number of carbonyl (C=O) groups excluding carboxylic acids is 1. The summed E-state index contributed by atoms with van der Waals surface area (Å²) >= 11 is 3.39. The van der Waals surface area contributed by atoms with Crippen molar-refractivity contribution in [1.82, 2.24) is 4.90 Å². The lowest BCUT2D eigenvalue weighted by atomic mass is 10.0. The number of fused-ring (bicyclic) bond motifs is 1. The van der Waals surface area contributed by atoms with Gasteiger partial charge in [-0.1, -0.05) is 46.3 Å². The maximum absolute atomic E-state index is 12.6. The largest absolute Gasteiger partial charge is 0.506 e. The van der Waals surface area contributed by atoms with Crippen molar-refractivity contribution in [3.05, 3.63) is 42.0 Å². The first-order valence-electron chi connectivity index (χ1n) is 6.80. The highest BCUT2D eigenvalue weighted by Crippen LogP contribution is 2.33. The van der Waals surface area contributed by atoms with Crippen LogP contribution in [-0.2, 0) is 0 Å². The molecule has 1 N–H and O–H groups in total. The van der Waals surface area contributed by atoms with E-state index in [0.29, 0.717) is 18.2 Å². The third-order valence-corrected chi connectivity index (χ3v) is 4.06. The zero-order valence-corrected chi connectivity index (χ0v) is 12.6. The highest BCUT2D eigenvalue weighted by Gasteiger charge is 2.33. The van der Waals surface area contributed by atoms with Gasteiger partial charge in [0.1, 0.15) is 5.75 Å². The van der Waals surface area contributed by atoms with E-state index in [0.717, 1.165) is 28.9 Å². The van der Waals surface area contributed by atoms with Crippen LogP contribution in [0.3, 0.4) is 0 Å². The van der Waals surface area contributed by atoms with Crippen molar-refractivity contribution < 1.29 is 9.90 Å². The second-order valence-corrected chi connectivity index (χ2v) is 5.89. The Morgan fingerprint density at radius 1 is 1.25 bits per heavy atom. The lowest BCUT2D eigenvalue weighted by molar-refractivity contribution is 0.0752. The molecule has 0 atom stereocenters. The number of aromatic hydroxyl groups is 1. The number of rotatable bonds is 4. The molecule has 0 radical (unpaired) electrons. The number of alkyl halides is 1. The first kappa shape index (κ1) is 13.4. The molecule has 0 aromatic heterocycles. The van der Waals surface area contributed by atoms with Gasteiger partial charge in [0.25, 0.3) is 5.91 Å². The van der Waals surface area contributed by atoms with Gasteiger partial charge in [0.2, 0.25) is 0 Å². The summed E-state index contributed by atoms with van der Waals surface area (Å²) in [5, 5.41) is 12.8. The molecular formula is C16H16BrNO2. The van der Waals surface area contributed by atoms with Crippen LogP contribution in [-0.4, -0.2) is 33.8 Å². The number of amides is 1. The van der Waals surface area contributed by atoms with Crippen LogP contribution in [0.4, 0.5) is 0 Å². The number of hydrogen-bond acceptors (Lipinski definition) is 2. The van der Waals surface area contributed by atoms with Crippen molar-refractivity contribution in [2.24, 2.45) is 0 Å². The smallest absolute Gasteiger partial charge is 0.257 e. The molecule has 1 saturated carbocycles. The van der Waals surface area contributed by atoms with E-state index in [9.17, 15) is 9.90 Å². The molecule has 20 heavy (non-hydrogen) atoms. The Morgan fingerprint density at radius 2 is 2.00 bits per heavy atom. The van der Waals surface area contributed by atoms with E-state index in [1.165, 1.54) is 0 Å². The predicted octanol–water partition coefficient (Wildman–Crippen LogP) is 3.54. The van der Waals surface area contributed by atoms with Gasteiger partial charge in [-0.25, -0.2) is 0 Å². The summed E-state index contributed by atoms with van der Waals surface area (Å²) < 4.78 is 0. The number of carbonyl (C=O) groups is 1. The van der Waals surface area contributed by atoms with Crippen LogP contribution in [0.15, 0.2) is 36.4 Å². The third-order valence-electron chi connectivity index (χ3n) is 3.70. The Balaban J connectivity index is 2.00. The average molecular weight is 334 g/mol. The molecule has 0 saturated heterocycles. The van der Waals surface area contributed by atoms with Crippen LogP contribution in [0.1, 0.15) is 23.2 Å². The number of nitrogens with zero attached hydrogens (tertiary/aromatic N) is 1. The quantitative estimate of drug-likeness (QED) is 0.869. The zero-order valence-electron chi connectivity index (χ0n) is 11.1. The fraction of sp³-hybridized carbons (Fsp3) is 0.312. The molecule has 4 heteroatoms. The van der Waals surface area contributed by atoms with Crippen LogP contribution < -0.4 is 0 Å². The summed E-state index contributed by atoms with van der Waals surface area (Å²) in [7, 11) is 0. The molecule has 2 aromatic rings. The number of benzene rings is 2. The molecule has 104 valence electrons. The lowest BCUT2D eigenvalue weighted by Gasteiger charge is -2.22. The van der Waals surface area contributed by atoms with E-state index in [1.54, 1.807) is 6.07 Å². The van der Waals surface area contributed by atoms with Crippen molar-refractivity contribution in [2.75, 3.05) is 11.9 Å². The van der Waals surface area contributed by atoms with Gasteiger partial charge in [-0.2, -0.15) is 0 Å². The molecule has 2 aromatic carbocycles. The maximum Gasteiger partial charge on any atom is 0.257 e. The number of halogens is 1. The summed E-state index contributed by atoms with van der Waals surface area (Å²) in [6, 6.07) is 11.5. The molecule has 1 fully saturated rings. The normalized spacial score (nSPS) is 14.4.